The van der Waals surface area contributed by atoms with Crippen LogP contribution in [-0.4, -0.2) is 19.5 Å². The lowest BCUT2D eigenvalue weighted by molar-refractivity contribution is 0.629. The van der Waals surface area contributed by atoms with Crippen molar-refractivity contribution in [2.75, 3.05) is 0 Å². The molecule has 126 valence electrons. The summed E-state index contributed by atoms with van der Waals surface area (Å²) in [6.45, 7) is 0.433. The summed E-state index contributed by atoms with van der Waals surface area (Å²) in [7, 11) is 0. The Bertz CT molecular complexity index is 1150. The average Bonchev–Trinajstić information content (AvgIpc) is 3.02. The largest absolute Gasteiger partial charge is 0.326 e. The van der Waals surface area contributed by atoms with E-state index >= 15 is 0 Å². The number of hydrogen-bond donors (Lipinski definition) is 0. The summed E-state index contributed by atoms with van der Waals surface area (Å²) in [5, 5.41) is 10.0. The predicted molar refractivity (Wildman–Crippen MR) is 96.0 cm³/mol. The molecule has 0 radical (unpaired) electrons. The quantitative estimate of drug-likeness (QED) is 0.547. The summed E-state index contributed by atoms with van der Waals surface area (Å²) in [6, 6.07) is 10.2. The van der Waals surface area contributed by atoms with Gasteiger partial charge in [0.05, 0.1) is 23.5 Å². The lowest BCUT2D eigenvalue weighted by atomic mass is 10.1. The van der Waals surface area contributed by atoms with Gasteiger partial charge in [-0.25, -0.2) is 9.37 Å². The number of nitriles is 1. The van der Waals surface area contributed by atoms with Crippen LogP contribution in [0.15, 0.2) is 55.1 Å². The second-order valence-electron chi connectivity index (χ2n) is 5.68. The maximum atomic E-state index is 13.9. The monoisotopic (exact) mass is 363 g/mol. The highest BCUT2D eigenvalue weighted by molar-refractivity contribution is 6.30. The fraction of sp³-hybridized carbons (Fsp3) is 0.0526. The van der Waals surface area contributed by atoms with Crippen LogP contribution in [0.25, 0.3) is 22.2 Å². The van der Waals surface area contributed by atoms with Gasteiger partial charge < -0.3 is 4.57 Å². The average molecular weight is 364 g/mol. The highest BCUT2D eigenvalue weighted by atomic mass is 35.5. The molecule has 3 heterocycles. The predicted octanol–water partition coefficient (Wildman–Crippen LogP) is 4.21. The lowest BCUT2D eigenvalue weighted by Crippen LogP contribution is -2.02. The minimum Gasteiger partial charge on any atom is -0.326 e. The van der Waals surface area contributed by atoms with Gasteiger partial charge in [-0.2, -0.15) is 5.26 Å². The van der Waals surface area contributed by atoms with Gasteiger partial charge in [0.15, 0.2) is 0 Å². The van der Waals surface area contributed by atoms with Crippen LogP contribution >= 0.6 is 11.6 Å². The number of fused-ring (bicyclic) bond motifs is 1. The van der Waals surface area contributed by atoms with E-state index in [0.29, 0.717) is 23.4 Å². The zero-order valence-electron chi connectivity index (χ0n) is 13.4. The molecular weight excluding hydrogens is 353 g/mol. The molecule has 4 rings (SSSR count). The summed E-state index contributed by atoms with van der Waals surface area (Å²) >= 11 is 5.79. The van der Waals surface area contributed by atoms with Crippen molar-refractivity contribution in [3.05, 3.63) is 77.3 Å². The van der Waals surface area contributed by atoms with Gasteiger partial charge in [-0.1, -0.05) is 17.7 Å². The molecule has 0 aliphatic heterocycles. The Morgan fingerprint density at radius 2 is 2.08 bits per heavy atom. The molecule has 0 saturated carbocycles. The molecule has 0 spiro atoms. The van der Waals surface area contributed by atoms with Crippen molar-refractivity contribution in [1.29, 1.82) is 5.26 Å². The molecule has 5 nitrogen and oxygen atoms in total. The van der Waals surface area contributed by atoms with Crippen LogP contribution in [0.4, 0.5) is 4.39 Å². The van der Waals surface area contributed by atoms with Crippen molar-refractivity contribution in [1.82, 2.24) is 19.5 Å². The first kappa shape index (κ1) is 16.2. The highest BCUT2D eigenvalue weighted by Gasteiger charge is 2.14. The molecule has 1 aromatic carbocycles. The van der Waals surface area contributed by atoms with E-state index in [1.165, 1.54) is 12.1 Å². The summed E-state index contributed by atoms with van der Waals surface area (Å²) in [6.07, 6.45) is 6.76. The van der Waals surface area contributed by atoms with E-state index < -0.39 is 5.82 Å². The third kappa shape index (κ3) is 2.89. The maximum Gasteiger partial charge on any atom is 0.142 e. The molecule has 0 atom stereocenters. The van der Waals surface area contributed by atoms with E-state index in [4.69, 9.17) is 16.9 Å². The Kier molecular flexibility index (Phi) is 4.07. The molecule has 0 fully saturated rings. The summed E-state index contributed by atoms with van der Waals surface area (Å²) < 4.78 is 15.8. The van der Waals surface area contributed by atoms with Crippen molar-refractivity contribution in [3.63, 3.8) is 0 Å². The first-order chi connectivity index (χ1) is 12.7. The second kappa shape index (κ2) is 6.54. The smallest absolute Gasteiger partial charge is 0.142 e. The fourth-order valence-electron chi connectivity index (χ4n) is 2.83. The molecule has 0 N–H and O–H groups in total. The number of aromatic nitrogens is 4. The van der Waals surface area contributed by atoms with Gasteiger partial charge in [0.25, 0.3) is 0 Å². The summed E-state index contributed by atoms with van der Waals surface area (Å²) in [4.78, 5) is 12.8. The topological polar surface area (TPSA) is 67.4 Å². The van der Waals surface area contributed by atoms with E-state index in [1.807, 2.05) is 22.9 Å². The molecule has 0 unspecified atom stereocenters. The first-order valence-electron chi connectivity index (χ1n) is 7.76. The molecule has 0 aliphatic carbocycles. The van der Waals surface area contributed by atoms with Crippen LogP contribution in [0.5, 0.6) is 0 Å². The lowest BCUT2D eigenvalue weighted by Gasteiger charge is -2.03. The summed E-state index contributed by atoms with van der Waals surface area (Å²) in [5.74, 6) is -0.486. The van der Waals surface area contributed by atoms with Gasteiger partial charge >= 0.3 is 0 Å². The molecule has 4 aromatic rings. The zero-order chi connectivity index (χ0) is 18.1. The van der Waals surface area contributed by atoms with Crippen LogP contribution in [0.2, 0.25) is 5.02 Å². The number of halogens is 2. The highest BCUT2D eigenvalue weighted by Crippen LogP contribution is 2.32. The first-order valence-corrected chi connectivity index (χ1v) is 8.14. The van der Waals surface area contributed by atoms with Crippen LogP contribution < -0.4 is 0 Å². The molecule has 0 bridgehead atoms. The fourth-order valence-corrected chi connectivity index (χ4v) is 2.94. The van der Waals surface area contributed by atoms with Gasteiger partial charge in [-0.3, -0.25) is 9.97 Å². The standard InChI is InChI=1S/C19H11ClFN5/c20-17-4-1-12(7-18(17)21)16-11-26(10-14-9-23-5-6-24-14)19-15(16)3-2-13(8-22)25-19/h1-7,9,11H,10H2. The van der Waals surface area contributed by atoms with Crippen molar-refractivity contribution >= 4 is 22.6 Å². The van der Waals surface area contributed by atoms with Crippen LogP contribution in [0.3, 0.4) is 0 Å². The van der Waals surface area contributed by atoms with Gasteiger partial charge in [-0.05, 0) is 29.8 Å². The molecule has 3 aromatic heterocycles. The molecule has 26 heavy (non-hydrogen) atoms. The third-order valence-electron chi connectivity index (χ3n) is 4.02. The van der Waals surface area contributed by atoms with Crippen molar-refractivity contribution in [3.8, 4) is 17.2 Å². The van der Waals surface area contributed by atoms with E-state index in [0.717, 1.165) is 16.6 Å². The van der Waals surface area contributed by atoms with Gasteiger partial charge in [0, 0.05) is 29.5 Å². The van der Waals surface area contributed by atoms with E-state index in [-0.39, 0.29) is 5.02 Å². The van der Waals surface area contributed by atoms with Crippen LogP contribution in [0, 0.1) is 17.1 Å². The van der Waals surface area contributed by atoms with E-state index in [9.17, 15) is 4.39 Å². The van der Waals surface area contributed by atoms with Crippen LogP contribution in [-0.2, 0) is 6.54 Å². The Labute approximate surface area is 153 Å². The molecule has 0 amide bonds. The number of rotatable bonds is 3. The number of hydrogen-bond acceptors (Lipinski definition) is 4. The normalized spacial score (nSPS) is 10.8. The van der Waals surface area contributed by atoms with Gasteiger partial charge in [0.2, 0.25) is 0 Å². The Morgan fingerprint density at radius 3 is 2.81 bits per heavy atom. The Balaban J connectivity index is 1.91. The summed E-state index contributed by atoms with van der Waals surface area (Å²) in [5.41, 5.74) is 3.17. The number of benzene rings is 1. The SMILES string of the molecule is N#Cc1ccc2c(-c3ccc(Cl)c(F)c3)cn(Cc3cnccn3)c2n1. The number of nitrogens with zero attached hydrogens (tertiary/aromatic N) is 5. The van der Waals surface area contributed by atoms with Gasteiger partial charge in [-0.15, -0.1) is 0 Å². The molecule has 0 aliphatic rings. The minimum atomic E-state index is -0.486. The third-order valence-corrected chi connectivity index (χ3v) is 4.32. The van der Waals surface area contributed by atoms with E-state index in [1.54, 1.807) is 30.7 Å². The molecule has 7 heteroatoms. The van der Waals surface area contributed by atoms with Crippen molar-refractivity contribution in [2.45, 2.75) is 6.54 Å². The maximum absolute atomic E-state index is 13.9. The van der Waals surface area contributed by atoms with Crippen molar-refractivity contribution in [2.24, 2.45) is 0 Å². The minimum absolute atomic E-state index is 0.0712. The van der Waals surface area contributed by atoms with E-state index in [2.05, 4.69) is 15.0 Å². The zero-order valence-corrected chi connectivity index (χ0v) is 14.2. The molecular formula is C19H11ClFN5. The second-order valence-corrected chi connectivity index (χ2v) is 6.08. The molecule has 0 saturated heterocycles. The Morgan fingerprint density at radius 1 is 1.19 bits per heavy atom. The van der Waals surface area contributed by atoms with Gasteiger partial charge in [0.1, 0.15) is 23.2 Å². The number of pyridine rings is 1. The van der Waals surface area contributed by atoms with Crippen molar-refractivity contribution < 1.29 is 4.39 Å². The van der Waals surface area contributed by atoms with Crippen LogP contribution in [0.1, 0.15) is 11.4 Å². The Hall–Kier alpha value is -3.30.